The summed E-state index contributed by atoms with van der Waals surface area (Å²) in [5.74, 6) is -1.24. The molecule has 3 nitrogen and oxygen atoms in total. The number of hydrogen-bond donors (Lipinski definition) is 1. The van der Waals surface area contributed by atoms with Gasteiger partial charge in [-0.05, 0) is 61.1 Å². The van der Waals surface area contributed by atoms with Crippen molar-refractivity contribution in [1.82, 2.24) is 0 Å². The molecule has 1 atom stereocenters. The fourth-order valence-corrected chi connectivity index (χ4v) is 2.98. The van der Waals surface area contributed by atoms with Crippen LogP contribution in [0.5, 0.6) is 5.75 Å². The van der Waals surface area contributed by atoms with Crippen LogP contribution in [0, 0.1) is 5.82 Å². The van der Waals surface area contributed by atoms with Gasteiger partial charge in [-0.1, -0.05) is 23.2 Å². The number of ether oxygens (including phenoxy) is 1. The molecule has 126 valence electrons. The van der Waals surface area contributed by atoms with E-state index < -0.39 is 17.9 Å². The lowest BCUT2D eigenvalue weighted by Crippen LogP contribution is -2.10. The summed E-state index contributed by atoms with van der Waals surface area (Å²) >= 11 is 11.9. The van der Waals surface area contributed by atoms with Crippen LogP contribution in [0.3, 0.4) is 0 Å². The summed E-state index contributed by atoms with van der Waals surface area (Å²) in [6.07, 6.45) is 1.49. The second-order valence-corrected chi connectivity index (χ2v) is 6.69. The Hall–Kier alpha value is -1.78. The maximum Gasteiger partial charge on any atom is 0.338 e. The number of carboxylic acids is 1. The highest BCUT2D eigenvalue weighted by Crippen LogP contribution is 2.44. The number of hydrogen-bond acceptors (Lipinski definition) is 2. The van der Waals surface area contributed by atoms with Crippen LogP contribution in [0.4, 0.5) is 4.39 Å². The van der Waals surface area contributed by atoms with Crippen molar-refractivity contribution in [3.8, 4) is 5.75 Å². The molecule has 1 unspecified atom stereocenters. The number of aromatic carboxylic acids is 1. The average molecular weight is 369 g/mol. The Labute approximate surface area is 149 Å². The summed E-state index contributed by atoms with van der Waals surface area (Å²) in [5, 5.41) is 9.91. The minimum absolute atomic E-state index is 0.263. The standard InChI is InChI=1S/C18H15Cl2FO3/c1-9(24-11-4-5-15(19)16(20)6-11)12-8-17(21)14(18(22)23)7-13(12)10-2-3-10/h4-10H,2-3H2,1H3,(H,22,23). The molecule has 1 aliphatic carbocycles. The van der Waals surface area contributed by atoms with Gasteiger partial charge in [-0.2, -0.15) is 0 Å². The second kappa shape index (κ2) is 6.61. The largest absolute Gasteiger partial charge is 0.486 e. The molecule has 0 aliphatic heterocycles. The quantitative estimate of drug-likeness (QED) is 0.719. The molecule has 3 rings (SSSR count). The van der Waals surface area contributed by atoms with Crippen molar-refractivity contribution < 1.29 is 19.0 Å². The molecule has 1 fully saturated rings. The fourth-order valence-electron chi connectivity index (χ4n) is 2.69. The van der Waals surface area contributed by atoms with Crippen molar-refractivity contribution in [2.45, 2.75) is 31.8 Å². The first-order valence-corrected chi connectivity index (χ1v) is 8.30. The second-order valence-electron chi connectivity index (χ2n) is 5.88. The molecule has 6 heteroatoms. The number of rotatable bonds is 5. The number of carboxylic acid groups (broad SMARTS) is 1. The maximum absolute atomic E-state index is 14.1. The zero-order chi connectivity index (χ0) is 17.4. The van der Waals surface area contributed by atoms with E-state index in [4.69, 9.17) is 33.0 Å². The highest BCUT2D eigenvalue weighted by molar-refractivity contribution is 6.42. The summed E-state index contributed by atoms with van der Waals surface area (Å²) in [4.78, 5) is 11.2. The van der Waals surface area contributed by atoms with Crippen LogP contribution in [0.2, 0.25) is 10.0 Å². The molecule has 0 spiro atoms. The van der Waals surface area contributed by atoms with Crippen LogP contribution in [0.15, 0.2) is 30.3 Å². The predicted octanol–water partition coefficient (Wildman–Crippen LogP) is 5.85. The smallest absolute Gasteiger partial charge is 0.338 e. The van der Waals surface area contributed by atoms with Gasteiger partial charge in [-0.25, -0.2) is 9.18 Å². The molecule has 1 aliphatic rings. The lowest BCUT2D eigenvalue weighted by Gasteiger charge is -2.19. The molecule has 2 aromatic rings. The highest BCUT2D eigenvalue weighted by atomic mass is 35.5. The van der Waals surface area contributed by atoms with Gasteiger partial charge >= 0.3 is 5.97 Å². The van der Waals surface area contributed by atoms with E-state index >= 15 is 0 Å². The number of benzene rings is 2. The lowest BCUT2D eigenvalue weighted by molar-refractivity contribution is 0.0691. The number of carbonyl (C=O) groups is 1. The van der Waals surface area contributed by atoms with E-state index in [1.54, 1.807) is 25.1 Å². The monoisotopic (exact) mass is 368 g/mol. The molecule has 1 N–H and O–H groups in total. The maximum atomic E-state index is 14.1. The van der Waals surface area contributed by atoms with Crippen molar-refractivity contribution >= 4 is 29.2 Å². The summed E-state index contributed by atoms with van der Waals surface area (Å²) in [7, 11) is 0. The summed E-state index contributed by atoms with van der Waals surface area (Å²) in [5.41, 5.74) is 1.19. The van der Waals surface area contributed by atoms with Crippen molar-refractivity contribution in [2.24, 2.45) is 0 Å². The van der Waals surface area contributed by atoms with Gasteiger partial charge in [0.2, 0.25) is 0 Å². The first-order chi connectivity index (χ1) is 11.4. The summed E-state index contributed by atoms with van der Waals surface area (Å²) < 4.78 is 20.0. The lowest BCUT2D eigenvalue weighted by atomic mass is 9.96. The van der Waals surface area contributed by atoms with E-state index in [1.165, 1.54) is 12.1 Å². The van der Waals surface area contributed by atoms with Gasteiger partial charge in [0, 0.05) is 6.07 Å². The van der Waals surface area contributed by atoms with Gasteiger partial charge in [-0.3, -0.25) is 0 Å². The van der Waals surface area contributed by atoms with Gasteiger partial charge in [-0.15, -0.1) is 0 Å². The number of halogens is 3. The Kier molecular flexibility index (Phi) is 4.70. The van der Waals surface area contributed by atoms with Gasteiger partial charge in [0.15, 0.2) is 0 Å². The van der Waals surface area contributed by atoms with Crippen LogP contribution < -0.4 is 4.74 Å². The summed E-state index contributed by atoms with van der Waals surface area (Å²) in [6, 6.07) is 7.60. The van der Waals surface area contributed by atoms with Gasteiger partial charge in [0.25, 0.3) is 0 Å². The third kappa shape index (κ3) is 3.50. The van der Waals surface area contributed by atoms with Gasteiger partial charge < -0.3 is 9.84 Å². The minimum Gasteiger partial charge on any atom is -0.486 e. The molecular formula is C18H15Cl2FO3. The van der Waals surface area contributed by atoms with Crippen LogP contribution >= 0.6 is 23.2 Å². The molecule has 0 radical (unpaired) electrons. The molecule has 0 heterocycles. The Morgan fingerprint density at radius 2 is 1.96 bits per heavy atom. The van der Waals surface area contributed by atoms with Crippen LogP contribution in [-0.2, 0) is 0 Å². The van der Waals surface area contributed by atoms with Crippen molar-refractivity contribution in [2.75, 3.05) is 0 Å². The molecule has 0 saturated heterocycles. The Morgan fingerprint density at radius 1 is 1.25 bits per heavy atom. The van der Waals surface area contributed by atoms with E-state index in [0.29, 0.717) is 21.4 Å². The van der Waals surface area contributed by atoms with Crippen LogP contribution in [0.25, 0.3) is 0 Å². The zero-order valence-corrected chi connectivity index (χ0v) is 14.4. The molecule has 0 amide bonds. The molecule has 0 aromatic heterocycles. The summed E-state index contributed by atoms with van der Waals surface area (Å²) in [6.45, 7) is 1.80. The van der Waals surface area contributed by atoms with Crippen LogP contribution in [0.1, 0.15) is 53.3 Å². The van der Waals surface area contributed by atoms with Crippen molar-refractivity contribution in [1.29, 1.82) is 0 Å². The van der Waals surface area contributed by atoms with E-state index in [1.807, 2.05) is 0 Å². The first-order valence-electron chi connectivity index (χ1n) is 7.55. The van der Waals surface area contributed by atoms with E-state index in [2.05, 4.69) is 0 Å². The molecule has 1 saturated carbocycles. The van der Waals surface area contributed by atoms with Crippen LogP contribution in [-0.4, -0.2) is 11.1 Å². The van der Waals surface area contributed by atoms with Crippen molar-refractivity contribution in [3.05, 3.63) is 62.9 Å². The Bertz CT molecular complexity index is 803. The third-order valence-electron chi connectivity index (χ3n) is 4.06. The third-order valence-corrected chi connectivity index (χ3v) is 4.80. The molecular weight excluding hydrogens is 354 g/mol. The average Bonchev–Trinajstić information content (AvgIpc) is 3.35. The van der Waals surface area contributed by atoms with E-state index in [0.717, 1.165) is 18.4 Å². The Morgan fingerprint density at radius 3 is 2.54 bits per heavy atom. The fraction of sp³-hybridized carbons (Fsp3) is 0.278. The van der Waals surface area contributed by atoms with Gasteiger partial charge in [0.05, 0.1) is 15.6 Å². The highest BCUT2D eigenvalue weighted by Gasteiger charge is 2.30. The zero-order valence-electron chi connectivity index (χ0n) is 12.9. The normalized spacial score (nSPS) is 15.2. The minimum atomic E-state index is -1.26. The SMILES string of the molecule is CC(Oc1ccc(Cl)c(Cl)c1)c1cc(F)c(C(=O)O)cc1C1CC1. The van der Waals surface area contributed by atoms with E-state index in [-0.39, 0.29) is 11.5 Å². The molecule has 2 aromatic carbocycles. The first kappa shape index (κ1) is 17.1. The van der Waals surface area contributed by atoms with E-state index in [9.17, 15) is 9.18 Å². The molecule has 24 heavy (non-hydrogen) atoms. The molecule has 0 bridgehead atoms. The predicted molar refractivity (Wildman–Crippen MR) is 90.8 cm³/mol. The van der Waals surface area contributed by atoms with Crippen molar-refractivity contribution in [3.63, 3.8) is 0 Å². The topological polar surface area (TPSA) is 46.5 Å². The Balaban J connectivity index is 1.93. The van der Waals surface area contributed by atoms with Gasteiger partial charge in [0.1, 0.15) is 17.7 Å².